The summed E-state index contributed by atoms with van der Waals surface area (Å²) in [6, 6.07) is 0. The van der Waals surface area contributed by atoms with Crippen LogP contribution in [0.15, 0.2) is 0 Å². The SMILES string of the molecule is CCCCc1c(C(=O)O)c(CCCC)c(C(=O)O)c(CCCC)c1C(=O)O. The summed E-state index contributed by atoms with van der Waals surface area (Å²) < 4.78 is 0. The van der Waals surface area contributed by atoms with Gasteiger partial charge in [0.05, 0.1) is 16.7 Å². The Labute approximate surface area is 160 Å². The van der Waals surface area contributed by atoms with Crippen LogP contribution in [0.1, 0.15) is 107 Å². The van der Waals surface area contributed by atoms with Crippen molar-refractivity contribution in [2.45, 2.75) is 78.6 Å². The van der Waals surface area contributed by atoms with Gasteiger partial charge in [0.1, 0.15) is 0 Å². The fourth-order valence-electron chi connectivity index (χ4n) is 3.51. The van der Waals surface area contributed by atoms with Gasteiger partial charge in [-0.15, -0.1) is 0 Å². The first-order valence-corrected chi connectivity index (χ1v) is 9.72. The molecule has 0 aliphatic heterocycles. The van der Waals surface area contributed by atoms with Crippen molar-refractivity contribution in [1.29, 1.82) is 0 Å². The lowest BCUT2D eigenvalue weighted by atomic mass is 9.81. The normalized spacial score (nSPS) is 10.8. The molecule has 0 bridgehead atoms. The van der Waals surface area contributed by atoms with Crippen LogP contribution in [0, 0.1) is 0 Å². The Morgan fingerprint density at radius 1 is 0.556 bits per heavy atom. The van der Waals surface area contributed by atoms with Crippen molar-refractivity contribution in [3.8, 4) is 0 Å². The molecule has 0 spiro atoms. The third-order valence-electron chi connectivity index (χ3n) is 4.79. The summed E-state index contributed by atoms with van der Waals surface area (Å²) in [7, 11) is 0. The van der Waals surface area contributed by atoms with Crippen LogP contribution in [0.4, 0.5) is 0 Å². The van der Waals surface area contributed by atoms with Crippen LogP contribution in [-0.4, -0.2) is 33.2 Å². The second-order valence-corrected chi connectivity index (χ2v) is 6.79. The zero-order valence-electron chi connectivity index (χ0n) is 16.4. The van der Waals surface area contributed by atoms with Crippen molar-refractivity contribution in [1.82, 2.24) is 0 Å². The molecule has 1 rings (SSSR count). The number of benzene rings is 1. The maximum absolute atomic E-state index is 12.1. The van der Waals surface area contributed by atoms with Crippen LogP contribution in [0.2, 0.25) is 0 Å². The average Bonchev–Trinajstić information content (AvgIpc) is 2.60. The van der Waals surface area contributed by atoms with Crippen LogP contribution in [-0.2, 0) is 19.3 Å². The zero-order valence-corrected chi connectivity index (χ0v) is 16.4. The number of hydrogen-bond donors (Lipinski definition) is 3. The first-order chi connectivity index (χ1) is 12.8. The Morgan fingerprint density at radius 2 is 0.778 bits per heavy atom. The van der Waals surface area contributed by atoms with E-state index in [4.69, 9.17) is 0 Å². The molecule has 3 N–H and O–H groups in total. The molecule has 1 aromatic rings. The molecule has 6 nitrogen and oxygen atoms in total. The van der Waals surface area contributed by atoms with Gasteiger partial charge in [0.25, 0.3) is 0 Å². The van der Waals surface area contributed by atoms with Crippen LogP contribution >= 0.6 is 0 Å². The van der Waals surface area contributed by atoms with E-state index in [-0.39, 0.29) is 33.4 Å². The van der Waals surface area contributed by atoms with E-state index in [2.05, 4.69) is 0 Å². The maximum Gasteiger partial charge on any atom is 0.336 e. The molecule has 6 heteroatoms. The Bertz CT molecular complexity index is 589. The van der Waals surface area contributed by atoms with Crippen LogP contribution < -0.4 is 0 Å². The fraction of sp³-hybridized carbons (Fsp3) is 0.571. The number of hydrogen-bond acceptors (Lipinski definition) is 3. The van der Waals surface area contributed by atoms with Crippen molar-refractivity contribution < 1.29 is 29.7 Å². The van der Waals surface area contributed by atoms with Crippen molar-refractivity contribution in [2.24, 2.45) is 0 Å². The van der Waals surface area contributed by atoms with Gasteiger partial charge in [-0.3, -0.25) is 0 Å². The smallest absolute Gasteiger partial charge is 0.336 e. The third-order valence-corrected chi connectivity index (χ3v) is 4.79. The molecular weight excluding hydrogens is 348 g/mol. The summed E-state index contributed by atoms with van der Waals surface area (Å²) in [6.07, 6.45) is 5.25. The molecule has 0 fully saturated rings. The van der Waals surface area contributed by atoms with E-state index in [1.807, 2.05) is 20.8 Å². The van der Waals surface area contributed by atoms with E-state index in [1.54, 1.807) is 0 Å². The number of carbonyl (C=O) groups is 3. The number of unbranched alkanes of at least 4 members (excludes halogenated alkanes) is 3. The third kappa shape index (κ3) is 5.31. The summed E-state index contributed by atoms with van der Waals surface area (Å²) in [4.78, 5) is 36.2. The summed E-state index contributed by atoms with van der Waals surface area (Å²) in [5.74, 6) is -3.75. The van der Waals surface area contributed by atoms with Crippen LogP contribution in [0.5, 0.6) is 0 Å². The molecule has 0 radical (unpaired) electrons. The van der Waals surface area contributed by atoms with Gasteiger partial charge in [0, 0.05) is 0 Å². The Balaban J connectivity index is 3.99. The molecule has 0 saturated heterocycles. The lowest BCUT2D eigenvalue weighted by Gasteiger charge is -2.22. The quantitative estimate of drug-likeness (QED) is 0.481. The molecule has 0 atom stereocenters. The summed E-state index contributed by atoms with van der Waals surface area (Å²) >= 11 is 0. The van der Waals surface area contributed by atoms with Gasteiger partial charge in [-0.25, -0.2) is 14.4 Å². The maximum atomic E-state index is 12.1. The van der Waals surface area contributed by atoms with E-state index >= 15 is 0 Å². The van der Waals surface area contributed by atoms with E-state index < -0.39 is 17.9 Å². The highest BCUT2D eigenvalue weighted by molar-refractivity contribution is 6.05. The van der Waals surface area contributed by atoms with Gasteiger partial charge in [0.15, 0.2) is 0 Å². The monoisotopic (exact) mass is 378 g/mol. The molecule has 0 heterocycles. The second-order valence-electron chi connectivity index (χ2n) is 6.79. The Hall–Kier alpha value is -2.37. The molecule has 0 saturated carbocycles. The highest BCUT2D eigenvalue weighted by Crippen LogP contribution is 2.33. The topological polar surface area (TPSA) is 112 Å². The highest BCUT2D eigenvalue weighted by atomic mass is 16.4. The minimum absolute atomic E-state index is 0.119. The van der Waals surface area contributed by atoms with Crippen molar-refractivity contribution in [2.75, 3.05) is 0 Å². The molecule has 150 valence electrons. The van der Waals surface area contributed by atoms with E-state index in [0.29, 0.717) is 38.5 Å². The molecular formula is C21H30O6. The zero-order chi connectivity index (χ0) is 20.6. The minimum Gasteiger partial charge on any atom is -0.478 e. The van der Waals surface area contributed by atoms with E-state index in [9.17, 15) is 29.7 Å². The number of aromatic carboxylic acids is 3. The van der Waals surface area contributed by atoms with Crippen molar-refractivity contribution in [3.63, 3.8) is 0 Å². The largest absolute Gasteiger partial charge is 0.478 e. The molecule has 0 unspecified atom stereocenters. The fourth-order valence-corrected chi connectivity index (χ4v) is 3.51. The number of carboxylic acid groups (broad SMARTS) is 3. The van der Waals surface area contributed by atoms with E-state index in [1.165, 1.54) is 0 Å². The minimum atomic E-state index is -1.25. The van der Waals surface area contributed by atoms with Crippen molar-refractivity contribution >= 4 is 17.9 Å². The van der Waals surface area contributed by atoms with Crippen LogP contribution in [0.3, 0.4) is 0 Å². The molecule has 0 aliphatic carbocycles. The molecule has 27 heavy (non-hydrogen) atoms. The Kier molecular flexibility index (Phi) is 8.98. The lowest BCUT2D eigenvalue weighted by Crippen LogP contribution is -2.22. The molecule has 0 aromatic heterocycles. The lowest BCUT2D eigenvalue weighted by molar-refractivity contribution is 0.0693. The highest BCUT2D eigenvalue weighted by Gasteiger charge is 2.31. The van der Waals surface area contributed by atoms with Gasteiger partial charge in [0.2, 0.25) is 0 Å². The predicted molar refractivity (Wildman–Crippen MR) is 103 cm³/mol. The van der Waals surface area contributed by atoms with Gasteiger partial charge in [-0.05, 0) is 55.2 Å². The van der Waals surface area contributed by atoms with Gasteiger partial charge < -0.3 is 15.3 Å². The first-order valence-electron chi connectivity index (χ1n) is 9.72. The second kappa shape index (κ2) is 10.7. The standard InChI is InChI=1S/C21H30O6/c1-4-7-10-13-16(19(22)23)14(11-8-5-2)18(21(26)27)15(12-9-6-3)17(13)20(24)25/h4-12H2,1-3H3,(H,22,23)(H,24,25)(H,26,27). The van der Waals surface area contributed by atoms with E-state index in [0.717, 1.165) is 19.3 Å². The number of rotatable bonds is 12. The molecule has 0 amide bonds. The van der Waals surface area contributed by atoms with Gasteiger partial charge >= 0.3 is 17.9 Å². The number of carboxylic acids is 3. The average molecular weight is 378 g/mol. The summed E-state index contributed by atoms with van der Waals surface area (Å²) in [5, 5.41) is 29.5. The summed E-state index contributed by atoms with van der Waals surface area (Å²) in [5.41, 5.74) is 0.475. The Morgan fingerprint density at radius 3 is 0.926 bits per heavy atom. The van der Waals surface area contributed by atoms with Gasteiger partial charge in [-0.1, -0.05) is 40.0 Å². The van der Waals surface area contributed by atoms with Crippen LogP contribution in [0.25, 0.3) is 0 Å². The summed E-state index contributed by atoms with van der Waals surface area (Å²) in [6.45, 7) is 5.84. The predicted octanol–water partition coefficient (Wildman–Crippen LogP) is 4.81. The molecule has 1 aromatic carbocycles. The van der Waals surface area contributed by atoms with Gasteiger partial charge in [-0.2, -0.15) is 0 Å². The van der Waals surface area contributed by atoms with Crippen molar-refractivity contribution in [3.05, 3.63) is 33.4 Å². The first kappa shape index (κ1) is 22.7. The molecule has 0 aliphatic rings.